The monoisotopic (exact) mass is 940 g/mol. The fraction of sp³-hybridized carbons (Fsp3) is 0. The molecule has 0 aliphatic heterocycles. The van der Waals surface area contributed by atoms with Crippen LogP contribution in [0.15, 0.2) is 267 Å². The molecule has 0 N–H and O–H groups in total. The van der Waals surface area contributed by atoms with Gasteiger partial charge in [0.15, 0.2) is 23.1 Å². The number of ketones is 4. The lowest BCUT2D eigenvalue weighted by Crippen LogP contribution is -2.06. The third-order valence-electron chi connectivity index (χ3n) is 11.2. The predicted octanol–water partition coefficient (Wildman–Crippen LogP) is 15.5. The molecule has 0 radical (unpaired) electrons. The van der Waals surface area contributed by atoms with E-state index < -0.39 is 0 Å². The lowest BCUT2D eigenvalue weighted by Gasteiger charge is -2.08. The molecule has 348 valence electrons. The van der Waals surface area contributed by atoms with Gasteiger partial charge in [-0.3, -0.25) is 19.2 Å². The van der Waals surface area contributed by atoms with Crippen LogP contribution in [0.3, 0.4) is 0 Å². The molecule has 0 heterocycles. The van der Waals surface area contributed by atoms with Gasteiger partial charge in [-0.1, -0.05) is 115 Å². The van der Waals surface area contributed by atoms with Crippen LogP contribution in [0.2, 0.25) is 0 Å². The van der Waals surface area contributed by atoms with Gasteiger partial charge in [-0.2, -0.15) is 0 Å². The Hall–Kier alpha value is -9.92. The molecule has 0 saturated carbocycles. The maximum atomic E-state index is 13.1. The fourth-order valence-corrected chi connectivity index (χ4v) is 7.44. The molecule has 0 aliphatic rings. The molecule has 10 aromatic rings. The van der Waals surface area contributed by atoms with Crippen molar-refractivity contribution in [3.8, 4) is 46.0 Å². The Morgan fingerprint density at radius 3 is 0.583 bits per heavy atom. The zero-order valence-corrected chi connectivity index (χ0v) is 38.7. The Morgan fingerprint density at radius 2 is 0.361 bits per heavy atom. The third-order valence-corrected chi connectivity index (χ3v) is 11.2. The maximum absolute atomic E-state index is 13.1. The summed E-state index contributed by atoms with van der Waals surface area (Å²) in [7, 11) is 0. The number of carbonyl (C=O) groups is 4. The number of hydrogen-bond donors (Lipinski definition) is 0. The first kappa shape index (κ1) is 47.2. The Labute approximate surface area is 417 Å². The van der Waals surface area contributed by atoms with E-state index in [-0.39, 0.29) is 23.1 Å². The van der Waals surface area contributed by atoms with E-state index in [2.05, 4.69) is 0 Å². The molecule has 0 aliphatic carbocycles. The Morgan fingerprint density at radius 1 is 0.181 bits per heavy atom. The van der Waals surface area contributed by atoms with Gasteiger partial charge in [0.05, 0.1) is 0 Å². The second kappa shape index (κ2) is 22.9. The van der Waals surface area contributed by atoms with Crippen LogP contribution in [0, 0.1) is 0 Å². The van der Waals surface area contributed by atoms with Gasteiger partial charge in [0.2, 0.25) is 0 Å². The predicted molar refractivity (Wildman–Crippen MR) is 278 cm³/mol. The first-order chi connectivity index (χ1) is 35.3. The van der Waals surface area contributed by atoms with Crippen LogP contribution in [0.25, 0.3) is 0 Å². The standard InChI is InChI=1S/2C32H22O4/c33-31(23-14-18-29(19-15-23)35-27-10-3-1-4-11-27)25-8-7-9-26(22-25)32(34)24-16-20-30(21-17-24)36-28-12-5-2-6-13-28;33-31(25-15-19-29(20-16-25)35-27-7-3-1-4-8-27)23-11-13-24(14-12-23)32(34)26-17-21-30(22-18-26)36-28-9-5-2-6-10-28/h2*1-22H. The number of benzene rings is 10. The average molecular weight is 941 g/mol. The van der Waals surface area contributed by atoms with Gasteiger partial charge in [0.1, 0.15) is 46.0 Å². The number of rotatable bonds is 16. The summed E-state index contributed by atoms with van der Waals surface area (Å²) in [5.74, 6) is 4.92. The van der Waals surface area contributed by atoms with E-state index in [1.807, 2.05) is 121 Å². The molecule has 8 nitrogen and oxygen atoms in total. The number of carbonyl (C=O) groups excluding carboxylic acids is 4. The lowest BCUT2D eigenvalue weighted by atomic mass is 9.97. The molecule has 0 unspecified atom stereocenters. The minimum atomic E-state index is -0.164. The maximum Gasteiger partial charge on any atom is 0.193 e. The summed E-state index contributed by atoms with van der Waals surface area (Å²) in [5, 5.41) is 0. The number of para-hydroxylation sites is 4. The summed E-state index contributed by atoms with van der Waals surface area (Å²) in [6.07, 6.45) is 0. The van der Waals surface area contributed by atoms with E-state index in [1.54, 1.807) is 146 Å². The van der Waals surface area contributed by atoms with Crippen molar-refractivity contribution in [2.45, 2.75) is 0 Å². The van der Waals surface area contributed by atoms with Crippen LogP contribution < -0.4 is 18.9 Å². The van der Waals surface area contributed by atoms with Crippen molar-refractivity contribution >= 4 is 23.1 Å². The highest BCUT2D eigenvalue weighted by Gasteiger charge is 2.16. The first-order valence-corrected chi connectivity index (χ1v) is 23.0. The summed E-state index contributed by atoms with van der Waals surface area (Å²) < 4.78 is 23.2. The van der Waals surface area contributed by atoms with Crippen molar-refractivity contribution in [2.24, 2.45) is 0 Å². The zero-order chi connectivity index (χ0) is 49.5. The molecular formula is C64H44O8. The van der Waals surface area contributed by atoms with Crippen molar-refractivity contribution in [3.63, 3.8) is 0 Å². The van der Waals surface area contributed by atoms with Gasteiger partial charge >= 0.3 is 0 Å². The van der Waals surface area contributed by atoms with E-state index in [0.717, 1.165) is 23.0 Å². The van der Waals surface area contributed by atoms with Crippen molar-refractivity contribution in [2.75, 3.05) is 0 Å². The van der Waals surface area contributed by atoms with Crippen molar-refractivity contribution in [1.29, 1.82) is 0 Å². The summed E-state index contributed by atoms with van der Waals surface area (Å²) in [6, 6.07) is 79.2. The molecule has 0 atom stereocenters. The molecular weight excluding hydrogens is 897 g/mol. The molecule has 8 heteroatoms. The van der Waals surface area contributed by atoms with Crippen LogP contribution in [0.1, 0.15) is 63.7 Å². The van der Waals surface area contributed by atoms with Crippen molar-refractivity contribution in [1.82, 2.24) is 0 Å². The summed E-state index contributed by atoms with van der Waals surface area (Å²) in [5.41, 5.74) is 4.03. The number of hydrogen-bond acceptors (Lipinski definition) is 8. The van der Waals surface area contributed by atoms with Gasteiger partial charge < -0.3 is 18.9 Å². The van der Waals surface area contributed by atoms with Crippen molar-refractivity contribution in [3.05, 3.63) is 311 Å². The molecule has 0 fully saturated rings. The highest BCUT2D eigenvalue weighted by atomic mass is 16.5. The van der Waals surface area contributed by atoms with E-state index in [0.29, 0.717) is 67.5 Å². The minimum absolute atomic E-state index is 0.123. The third kappa shape index (κ3) is 12.4. The van der Waals surface area contributed by atoms with Gasteiger partial charge in [0.25, 0.3) is 0 Å². The summed E-state index contributed by atoms with van der Waals surface area (Å²) >= 11 is 0. The largest absolute Gasteiger partial charge is 0.457 e. The molecule has 0 amide bonds. The number of ether oxygens (including phenoxy) is 4. The summed E-state index contributed by atoms with van der Waals surface area (Å²) in [4.78, 5) is 52.0. The van der Waals surface area contributed by atoms with Crippen LogP contribution in [0.4, 0.5) is 0 Å². The molecule has 10 aromatic carbocycles. The highest BCUT2D eigenvalue weighted by Crippen LogP contribution is 2.27. The SMILES string of the molecule is O=C(c1ccc(Oc2ccccc2)cc1)c1ccc(C(=O)c2ccc(Oc3ccccc3)cc2)cc1.O=C(c1ccc(Oc2ccccc2)cc1)c1cccc(C(=O)c2ccc(Oc3ccccc3)cc2)c1. The van der Waals surface area contributed by atoms with E-state index >= 15 is 0 Å². The second-order valence-corrected chi connectivity index (χ2v) is 16.2. The van der Waals surface area contributed by atoms with E-state index in [1.165, 1.54) is 0 Å². The zero-order valence-electron chi connectivity index (χ0n) is 38.7. The second-order valence-electron chi connectivity index (χ2n) is 16.2. The molecule has 10 rings (SSSR count). The summed E-state index contributed by atoms with van der Waals surface area (Å²) in [6.45, 7) is 0. The molecule has 72 heavy (non-hydrogen) atoms. The van der Waals surface area contributed by atoms with Gasteiger partial charge in [-0.25, -0.2) is 0 Å². The average Bonchev–Trinajstić information content (AvgIpc) is 3.44. The fourth-order valence-electron chi connectivity index (χ4n) is 7.44. The smallest absolute Gasteiger partial charge is 0.193 e. The Kier molecular flexibility index (Phi) is 15.0. The minimum Gasteiger partial charge on any atom is -0.457 e. The normalized spacial score (nSPS) is 10.4. The quantitative estimate of drug-likeness (QED) is 0.0882. The lowest BCUT2D eigenvalue weighted by molar-refractivity contribution is 0.102. The van der Waals surface area contributed by atoms with Gasteiger partial charge in [0, 0.05) is 44.5 Å². The first-order valence-electron chi connectivity index (χ1n) is 23.0. The molecule has 0 saturated heterocycles. The topological polar surface area (TPSA) is 105 Å². The molecule has 0 bridgehead atoms. The van der Waals surface area contributed by atoms with Gasteiger partial charge in [-0.15, -0.1) is 0 Å². The van der Waals surface area contributed by atoms with Crippen molar-refractivity contribution < 1.29 is 38.1 Å². The Bertz CT molecular complexity index is 3170. The molecule has 0 aromatic heterocycles. The van der Waals surface area contributed by atoms with E-state index in [9.17, 15) is 19.2 Å². The van der Waals surface area contributed by atoms with Crippen LogP contribution in [-0.2, 0) is 0 Å². The van der Waals surface area contributed by atoms with Gasteiger partial charge in [-0.05, 0) is 152 Å². The Balaban J connectivity index is 0.000000178. The highest BCUT2D eigenvalue weighted by molar-refractivity contribution is 6.13. The van der Waals surface area contributed by atoms with Crippen LogP contribution in [0.5, 0.6) is 46.0 Å². The van der Waals surface area contributed by atoms with E-state index in [4.69, 9.17) is 18.9 Å². The van der Waals surface area contributed by atoms with Crippen LogP contribution in [-0.4, -0.2) is 23.1 Å². The van der Waals surface area contributed by atoms with Crippen LogP contribution >= 0.6 is 0 Å². The molecule has 0 spiro atoms.